The molecule has 0 unspecified atom stereocenters. The van der Waals surface area contributed by atoms with Crippen molar-refractivity contribution in [2.45, 2.75) is 0 Å². The normalized spacial score (nSPS) is 10.4. The first-order valence-electron chi connectivity index (χ1n) is 6.52. The fourth-order valence-corrected chi connectivity index (χ4v) is 1.58. The van der Waals surface area contributed by atoms with Gasteiger partial charge in [-0.15, -0.1) is 0 Å². The Morgan fingerprint density at radius 1 is 1.40 bits per heavy atom. The van der Waals surface area contributed by atoms with E-state index in [1.54, 1.807) is 18.2 Å². The van der Waals surface area contributed by atoms with Gasteiger partial charge in [0.05, 0.1) is 12.7 Å². The number of amides is 1. The molecular weight excluding hydrogens is 258 g/mol. The summed E-state index contributed by atoms with van der Waals surface area (Å²) in [4.78, 5) is 13.9. The summed E-state index contributed by atoms with van der Waals surface area (Å²) in [5, 5.41) is 2.71. The van der Waals surface area contributed by atoms with Gasteiger partial charge in [0.1, 0.15) is 18.1 Å². The van der Waals surface area contributed by atoms with Gasteiger partial charge in [0, 0.05) is 25.7 Å². The second-order valence-corrected chi connectivity index (χ2v) is 4.56. The summed E-state index contributed by atoms with van der Waals surface area (Å²) >= 11 is 0. The third-order valence-electron chi connectivity index (χ3n) is 2.65. The van der Waals surface area contributed by atoms with E-state index in [0.717, 1.165) is 6.54 Å². The highest BCUT2D eigenvalue weighted by Crippen LogP contribution is 2.24. The van der Waals surface area contributed by atoms with E-state index in [2.05, 4.69) is 5.32 Å². The second kappa shape index (κ2) is 8.39. The molecule has 0 aromatic heterocycles. The van der Waals surface area contributed by atoms with Gasteiger partial charge in [0.25, 0.3) is 5.91 Å². The van der Waals surface area contributed by atoms with Crippen molar-refractivity contribution in [3.8, 4) is 11.5 Å². The average molecular weight is 281 g/mol. The monoisotopic (exact) mass is 281 g/mol. The summed E-state index contributed by atoms with van der Waals surface area (Å²) in [7, 11) is 5.49. The zero-order valence-corrected chi connectivity index (χ0v) is 12.3. The predicted octanol–water partition coefficient (Wildman–Crippen LogP) is 0.324. The number of nitrogens with zero attached hydrogens (tertiary/aromatic N) is 1. The summed E-state index contributed by atoms with van der Waals surface area (Å²) in [5.74, 6) is 0.966. The number of ether oxygens (including phenoxy) is 2. The van der Waals surface area contributed by atoms with Gasteiger partial charge in [0.2, 0.25) is 0 Å². The number of benzene rings is 1. The molecular formula is C14H23N3O3. The average Bonchev–Trinajstić information content (AvgIpc) is 2.44. The molecule has 6 heteroatoms. The Labute approximate surface area is 119 Å². The molecule has 0 aliphatic carbocycles. The predicted molar refractivity (Wildman–Crippen MR) is 78.4 cm³/mol. The molecule has 0 atom stereocenters. The number of carbonyl (C=O) groups is 1. The molecule has 20 heavy (non-hydrogen) atoms. The lowest BCUT2D eigenvalue weighted by molar-refractivity contribution is 0.0951. The van der Waals surface area contributed by atoms with E-state index in [9.17, 15) is 4.79 Å². The van der Waals surface area contributed by atoms with Crippen molar-refractivity contribution in [1.29, 1.82) is 0 Å². The fraction of sp³-hybridized carbons (Fsp3) is 0.500. The molecule has 0 radical (unpaired) electrons. The van der Waals surface area contributed by atoms with E-state index >= 15 is 0 Å². The van der Waals surface area contributed by atoms with Crippen molar-refractivity contribution in [2.24, 2.45) is 5.73 Å². The molecule has 0 saturated heterocycles. The van der Waals surface area contributed by atoms with Gasteiger partial charge >= 0.3 is 0 Å². The maximum atomic E-state index is 11.9. The first-order valence-corrected chi connectivity index (χ1v) is 6.52. The molecule has 0 aliphatic heterocycles. The third kappa shape index (κ3) is 5.07. The molecule has 0 aliphatic rings. The highest BCUT2D eigenvalue weighted by Gasteiger charge is 2.12. The van der Waals surface area contributed by atoms with E-state index in [4.69, 9.17) is 15.2 Å². The standard InChI is InChI=1S/C14H23N3O3/c1-17(2)8-9-20-11-4-5-12(13(10-11)19-3)14(18)16-7-6-15/h4-5,10H,6-9,15H2,1-3H3,(H,16,18). The Hall–Kier alpha value is -1.79. The number of hydrogen-bond donors (Lipinski definition) is 2. The van der Waals surface area contributed by atoms with Crippen molar-refractivity contribution < 1.29 is 14.3 Å². The van der Waals surface area contributed by atoms with E-state index in [0.29, 0.717) is 36.8 Å². The number of hydrogen-bond acceptors (Lipinski definition) is 5. The number of carbonyl (C=O) groups excluding carboxylic acids is 1. The smallest absolute Gasteiger partial charge is 0.255 e. The molecule has 0 spiro atoms. The molecule has 0 bridgehead atoms. The number of rotatable bonds is 8. The van der Waals surface area contributed by atoms with Crippen molar-refractivity contribution >= 4 is 5.91 Å². The Morgan fingerprint density at radius 2 is 2.15 bits per heavy atom. The largest absolute Gasteiger partial charge is 0.496 e. The van der Waals surface area contributed by atoms with E-state index < -0.39 is 0 Å². The maximum Gasteiger partial charge on any atom is 0.255 e. The molecule has 1 aromatic carbocycles. The lowest BCUT2D eigenvalue weighted by atomic mass is 10.1. The number of nitrogens with one attached hydrogen (secondary N) is 1. The molecule has 0 fully saturated rings. The number of methoxy groups -OCH3 is 1. The van der Waals surface area contributed by atoms with Crippen LogP contribution in [-0.4, -0.2) is 58.3 Å². The van der Waals surface area contributed by atoms with Gasteiger partial charge in [-0.1, -0.05) is 0 Å². The van der Waals surface area contributed by atoms with Crippen LogP contribution in [0.25, 0.3) is 0 Å². The molecule has 1 rings (SSSR count). The van der Waals surface area contributed by atoms with Crippen LogP contribution in [0, 0.1) is 0 Å². The van der Waals surface area contributed by atoms with Crippen LogP contribution >= 0.6 is 0 Å². The summed E-state index contributed by atoms with van der Waals surface area (Å²) in [5.41, 5.74) is 5.83. The minimum absolute atomic E-state index is 0.202. The zero-order valence-electron chi connectivity index (χ0n) is 12.3. The summed E-state index contributed by atoms with van der Waals surface area (Å²) < 4.78 is 10.8. The van der Waals surface area contributed by atoms with Gasteiger partial charge in [-0.05, 0) is 26.2 Å². The lowest BCUT2D eigenvalue weighted by Gasteiger charge is -2.13. The van der Waals surface area contributed by atoms with Crippen LogP contribution < -0.4 is 20.5 Å². The highest BCUT2D eigenvalue weighted by atomic mass is 16.5. The first kappa shape index (κ1) is 16.3. The molecule has 6 nitrogen and oxygen atoms in total. The van der Waals surface area contributed by atoms with Crippen LogP contribution in [0.5, 0.6) is 11.5 Å². The van der Waals surface area contributed by atoms with Crippen molar-refractivity contribution in [1.82, 2.24) is 10.2 Å². The van der Waals surface area contributed by atoms with Gasteiger partial charge < -0.3 is 25.4 Å². The fourth-order valence-electron chi connectivity index (χ4n) is 1.58. The summed E-state index contributed by atoms with van der Waals surface area (Å²) in [6.45, 7) is 2.23. The minimum atomic E-state index is -0.202. The Morgan fingerprint density at radius 3 is 2.75 bits per heavy atom. The van der Waals surface area contributed by atoms with Gasteiger partial charge in [-0.3, -0.25) is 4.79 Å². The van der Waals surface area contributed by atoms with Crippen molar-refractivity contribution in [3.05, 3.63) is 23.8 Å². The van der Waals surface area contributed by atoms with Crippen LogP contribution in [0.1, 0.15) is 10.4 Å². The maximum absolute atomic E-state index is 11.9. The molecule has 3 N–H and O–H groups in total. The second-order valence-electron chi connectivity index (χ2n) is 4.56. The molecule has 112 valence electrons. The summed E-state index contributed by atoms with van der Waals surface area (Å²) in [6, 6.07) is 5.16. The van der Waals surface area contributed by atoms with Crippen LogP contribution in [0.4, 0.5) is 0 Å². The van der Waals surface area contributed by atoms with Gasteiger partial charge in [-0.25, -0.2) is 0 Å². The summed E-state index contributed by atoms with van der Waals surface area (Å²) in [6.07, 6.45) is 0. The zero-order chi connectivity index (χ0) is 15.0. The number of nitrogens with two attached hydrogens (primary N) is 1. The first-order chi connectivity index (χ1) is 9.58. The number of likely N-dealkylation sites (N-methyl/N-ethyl adjacent to an activating group) is 1. The molecule has 0 heterocycles. The van der Waals surface area contributed by atoms with Crippen LogP contribution in [0.2, 0.25) is 0 Å². The third-order valence-corrected chi connectivity index (χ3v) is 2.65. The molecule has 1 aromatic rings. The van der Waals surface area contributed by atoms with Crippen LogP contribution in [0.3, 0.4) is 0 Å². The van der Waals surface area contributed by atoms with Crippen LogP contribution in [-0.2, 0) is 0 Å². The van der Waals surface area contributed by atoms with Crippen molar-refractivity contribution in [2.75, 3.05) is 47.4 Å². The van der Waals surface area contributed by atoms with Gasteiger partial charge in [-0.2, -0.15) is 0 Å². The molecule has 0 saturated carbocycles. The highest BCUT2D eigenvalue weighted by molar-refractivity contribution is 5.97. The Bertz CT molecular complexity index is 436. The van der Waals surface area contributed by atoms with E-state index in [1.807, 2.05) is 19.0 Å². The van der Waals surface area contributed by atoms with Crippen molar-refractivity contribution in [3.63, 3.8) is 0 Å². The van der Waals surface area contributed by atoms with E-state index in [1.165, 1.54) is 7.11 Å². The van der Waals surface area contributed by atoms with Crippen LogP contribution in [0.15, 0.2) is 18.2 Å². The van der Waals surface area contributed by atoms with Gasteiger partial charge in [0.15, 0.2) is 0 Å². The van der Waals surface area contributed by atoms with E-state index in [-0.39, 0.29) is 5.91 Å². The quantitative estimate of drug-likeness (QED) is 0.718. The topological polar surface area (TPSA) is 76.8 Å². The minimum Gasteiger partial charge on any atom is -0.496 e. The Kier molecular flexibility index (Phi) is 6.83. The Balaban J connectivity index is 2.72. The lowest BCUT2D eigenvalue weighted by Crippen LogP contribution is -2.29. The molecule has 1 amide bonds. The SMILES string of the molecule is COc1cc(OCCN(C)C)ccc1C(=O)NCCN.